The van der Waals surface area contributed by atoms with E-state index in [2.05, 4.69) is 20.7 Å². The average Bonchev–Trinajstić information content (AvgIpc) is 3.16. The zero-order valence-electron chi connectivity index (χ0n) is 15.6. The van der Waals surface area contributed by atoms with E-state index in [-0.39, 0.29) is 5.91 Å². The number of amides is 2. The van der Waals surface area contributed by atoms with E-state index in [1.165, 1.54) is 0 Å². The number of anilines is 2. The molecule has 2 aromatic heterocycles. The molecule has 0 aliphatic carbocycles. The molecule has 4 rings (SSSR count). The Morgan fingerprint density at radius 1 is 0.966 bits per heavy atom. The number of hydrogen-bond acceptors (Lipinski definition) is 5. The number of carbonyl (C=O) groups is 2. The molecule has 29 heavy (non-hydrogen) atoms. The smallest absolute Gasteiger partial charge is 0.251 e. The summed E-state index contributed by atoms with van der Waals surface area (Å²) < 4.78 is 1.70. The molecule has 8 heteroatoms. The van der Waals surface area contributed by atoms with Crippen LogP contribution in [-0.2, 0) is 0 Å². The van der Waals surface area contributed by atoms with Gasteiger partial charge in [-0.15, -0.1) is 5.10 Å². The largest absolute Gasteiger partial charge is 0.366 e. The number of aromatic nitrogens is 3. The lowest BCUT2D eigenvalue weighted by atomic mass is 10.1. The Hall–Kier alpha value is -4.20. The number of hydrogen-bond donors (Lipinski definition) is 3. The maximum absolute atomic E-state index is 11.7. The van der Waals surface area contributed by atoms with Crippen molar-refractivity contribution in [2.24, 2.45) is 5.73 Å². The van der Waals surface area contributed by atoms with Crippen molar-refractivity contribution in [3.63, 3.8) is 0 Å². The highest BCUT2D eigenvalue weighted by Crippen LogP contribution is 2.23. The Morgan fingerprint density at radius 3 is 2.45 bits per heavy atom. The average molecular weight is 386 g/mol. The number of fused-ring (bicyclic) bond motifs is 1. The van der Waals surface area contributed by atoms with Crippen molar-refractivity contribution in [2.75, 3.05) is 12.4 Å². The molecule has 144 valence electrons. The number of carbonyl (C=O) groups excluding carboxylic acids is 2. The molecular formula is C21H18N6O2. The van der Waals surface area contributed by atoms with Gasteiger partial charge in [-0.25, -0.2) is 4.52 Å². The third kappa shape index (κ3) is 3.63. The van der Waals surface area contributed by atoms with Crippen molar-refractivity contribution in [3.8, 4) is 11.3 Å². The molecule has 2 aromatic carbocycles. The lowest BCUT2D eigenvalue weighted by molar-refractivity contribution is 0.0961. The Labute approximate surface area is 166 Å². The molecule has 8 nitrogen and oxygen atoms in total. The van der Waals surface area contributed by atoms with Gasteiger partial charge in [-0.3, -0.25) is 9.59 Å². The first-order valence-corrected chi connectivity index (χ1v) is 8.90. The molecule has 0 aliphatic heterocycles. The van der Waals surface area contributed by atoms with Crippen LogP contribution >= 0.6 is 0 Å². The van der Waals surface area contributed by atoms with E-state index < -0.39 is 5.91 Å². The number of primary amides is 1. The van der Waals surface area contributed by atoms with Gasteiger partial charge in [0.25, 0.3) is 5.91 Å². The van der Waals surface area contributed by atoms with Crippen LogP contribution in [0.2, 0.25) is 0 Å². The van der Waals surface area contributed by atoms with E-state index in [1.807, 2.05) is 24.3 Å². The molecule has 4 N–H and O–H groups in total. The molecule has 0 fully saturated rings. The van der Waals surface area contributed by atoms with Crippen LogP contribution < -0.4 is 16.4 Å². The molecule has 0 saturated carbocycles. The van der Waals surface area contributed by atoms with Gasteiger partial charge in [-0.05, 0) is 48.5 Å². The Kier molecular flexibility index (Phi) is 4.66. The van der Waals surface area contributed by atoms with Crippen molar-refractivity contribution in [1.29, 1.82) is 0 Å². The highest BCUT2D eigenvalue weighted by atomic mass is 16.1. The summed E-state index contributed by atoms with van der Waals surface area (Å²) in [5.41, 5.74) is 9.37. The third-order valence-electron chi connectivity index (χ3n) is 4.43. The molecule has 0 aliphatic rings. The lowest BCUT2D eigenvalue weighted by Crippen LogP contribution is -2.17. The summed E-state index contributed by atoms with van der Waals surface area (Å²) in [6, 6.07) is 19.7. The van der Waals surface area contributed by atoms with Gasteiger partial charge in [0.2, 0.25) is 11.9 Å². The minimum atomic E-state index is -0.486. The number of rotatable bonds is 5. The second-order valence-electron chi connectivity index (χ2n) is 6.34. The number of benzene rings is 2. The SMILES string of the molecule is CNC(=O)c1ccc(Nc2nc3cccc(-c4cccc(C(N)=O)c4)n3n2)cc1. The minimum Gasteiger partial charge on any atom is -0.366 e. The predicted molar refractivity (Wildman–Crippen MR) is 110 cm³/mol. The van der Waals surface area contributed by atoms with Gasteiger partial charge in [-0.2, -0.15) is 4.98 Å². The zero-order chi connectivity index (χ0) is 20.4. The van der Waals surface area contributed by atoms with E-state index in [1.54, 1.807) is 54.0 Å². The van der Waals surface area contributed by atoms with Gasteiger partial charge < -0.3 is 16.4 Å². The van der Waals surface area contributed by atoms with Crippen LogP contribution in [0.1, 0.15) is 20.7 Å². The Morgan fingerprint density at radius 2 is 1.72 bits per heavy atom. The molecule has 4 aromatic rings. The number of nitrogens with zero attached hydrogens (tertiary/aromatic N) is 3. The molecule has 0 radical (unpaired) electrons. The summed E-state index contributed by atoms with van der Waals surface area (Å²) >= 11 is 0. The predicted octanol–water partition coefficient (Wildman–Crippen LogP) is 2.60. The molecule has 0 saturated heterocycles. The Balaban J connectivity index is 1.67. The zero-order valence-corrected chi connectivity index (χ0v) is 15.6. The maximum Gasteiger partial charge on any atom is 0.251 e. The highest BCUT2D eigenvalue weighted by molar-refractivity contribution is 5.94. The van der Waals surface area contributed by atoms with Gasteiger partial charge in [0, 0.05) is 29.4 Å². The van der Waals surface area contributed by atoms with E-state index in [0.29, 0.717) is 22.7 Å². The summed E-state index contributed by atoms with van der Waals surface area (Å²) in [4.78, 5) is 27.6. The standard InChI is InChI=1S/C21H18N6O2/c1-23-20(29)13-8-10-16(11-9-13)24-21-25-18-7-3-6-17(27(18)26-21)14-4-2-5-15(12-14)19(22)28/h2-12H,1H3,(H2,22,28)(H,23,29)(H,24,26). The first kappa shape index (κ1) is 18.2. The topological polar surface area (TPSA) is 114 Å². The van der Waals surface area contributed by atoms with Crippen LogP contribution in [0.4, 0.5) is 11.6 Å². The summed E-state index contributed by atoms with van der Waals surface area (Å²) in [5, 5.41) is 10.3. The molecule has 0 spiro atoms. The molecule has 0 atom stereocenters. The number of nitrogens with two attached hydrogens (primary N) is 1. The van der Waals surface area contributed by atoms with Gasteiger partial charge in [0.1, 0.15) is 0 Å². The molecule has 0 bridgehead atoms. The lowest BCUT2D eigenvalue weighted by Gasteiger charge is -2.05. The van der Waals surface area contributed by atoms with Crippen molar-refractivity contribution in [2.45, 2.75) is 0 Å². The van der Waals surface area contributed by atoms with E-state index >= 15 is 0 Å². The second kappa shape index (κ2) is 7.43. The Bertz CT molecular complexity index is 1210. The fourth-order valence-electron chi connectivity index (χ4n) is 2.99. The summed E-state index contributed by atoms with van der Waals surface area (Å²) in [6.45, 7) is 0. The normalized spacial score (nSPS) is 10.7. The van der Waals surface area contributed by atoms with Crippen molar-refractivity contribution >= 4 is 29.1 Å². The van der Waals surface area contributed by atoms with Crippen LogP contribution in [0, 0.1) is 0 Å². The van der Waals surface area contributed by atoms with Crippen LogP contribution in [0.15, 0.2) is 66.7 Å². The van der Waals surface area contributed by atoms with Crippen molar-refractivity contribution in [3.05, 3.63) is 77.9 Å². The van der Waals surface area contributed by atoms with E-state index in [4.69, 9.17) is 5.73 Å². The molecule has 2 amide bonds. The van der Waals surface area contributed by atoms with Crippen LogP contribution in [0.3, 0.4) is 0 Å². The summed E-state index contributed by atoms with van der Waals surface area (Å²) in [7, 11) is 1.59. The fraction of sp³-hybridized carbons (Fsp3) is 0.0476. The van der Waals surface area contributed by atoms with Gasteiger partial charge in [0.15, 0.2) is 5.65 Å². The van der Waals surface area contributed by atoms with Gasteiger partial charge in [0.05, 0.1) is 5.69 Å². The van der Waals surface area contributed by atoms with E-state index in [0.717, 1.165) is 16.9 Å². The molecule has 0 unspecified atom stereocenters. The second-order valence-corrected chi connectivity index (χ2v) is 6.34. The van der Waals surface area contributed by atoms with Crippen LogP contribution in [0.25, 0.3) is 16.9 Å². The molecule has 2 heterocycles. The quantitative estimate of drug-likeness (QED) is 0.488. The van der Waals surface area contributed by atoms with Crippen LogP contribution in [-0.4, -0.2) is 33.5 Å². The van der Waals surface area contributed by atoms with E-state index in [9.17, 15) is 9.59 Å². The first-order valence-electron chi connectivity index (χ1n) is 8.90. The summed E-state index contributed by atoms with van der Waals surface area (Å²) in [6.07, 6.45) is 0. The maximum atomic E-state index is 11.7. The first-order chi connectivity index (χ1) is 14.0. The highest BCUT2D eigenvalue weighted by Gasteiger charge is 2.11. The van der Waals surface area contributed by atoms with Crippen molar-refractivity contribution in [1.82, 2.24) is 19.9 Å². The van der Waals surface area contributed by atoms with Crippen molar-refractivity contribution < 1.29 is 9.59 Å². The number of pyridine rings is 1. The monoisotopic (exact) mass is 386 g/mol. The van der Waals surface area contributed by atoms with Crippen LogP contribution in [0.5, 0.6) is 0 Å². The fourth-order valence-corrected chi connectivity index (χ4v) is 2.99. The number of nitrogens with one attached hydrogen (secondary N) is 2. The van der Waals surface area contributed by atoms with Gasteiger partial charge in [-0.1, -0.05) is 18.2 Å². The summed E-state index contributed by atoms with van der Waals surface area (Å²) in [5.74, 6) is -0.221. The van der Waals surface area contributed by atoms with Gasteiger partial charge >= 0.3 is 0 Å². The minimum absolute atomic E-state index is 0.148. The molecular weight excluding hydrogens is 368 g/mol. The third-order valence-corrected chi connectivity index (χ3v) is 4.43.